The average molecular weight is 243 g/mol. The van der Waals surface area contributed by atoms with Crippen molar-refractivity contribution in [3.63, 3.8) is 0 Å². The highest BCUT2D eigenvalue weighted by Gasteiger charge is 2.19. The van der Waals surface area contributed by atoms with Crippen molar-refractivity contribution in [2.45, 2.75) is 45.6 Å². The summed E-state index contributed by atoms with van der Waals surface area (Å²) in [7, 11) is 0. The molecule has 1 rings (SSSR count). The maximum Gasteiger partial charge on any atom is 0.320 e. The van der Waals surface area contributed by atoms with Crippen LogP contribution in [0.25, 0.3) is 0 Å². The van der Waals surface area contributed by atoms with Gasteiger partial charge in [0.05, 0.1) is 19.3 Å². The van der Waals surface area contributed by atoms with Gasteiger partial charge in [-0.1, -0.05) is 6.92 Å². The molecule has 0 bridgehead atoms. The van der Waals surface area contributed by atoms with E-state index in [0.717, 1.165) is 32.5 Å². The summed E-state index contributed by atoms with van der Waals surface area (Å²) < 4.78 is 10.7. The first-order valence-corrected chi connectivity index (χ1v) is 6.75. The van der Waals surface area contributed by atoms with Crippen LogP contribution < -0.4 is 0 Å². The molecule has 1 aliphatic heterocycles. The Labute approximate surface area is 104 Å². The first kappa shape index (κ1) is 14.5. The summed E-state index contributed by atoms with van der Waals surface area (Å²) in [5.41, 5.74) is 0. The van der Waals surface area contributed by atoms with Crippen molar-refractivity contribution in [3.05, 3.63) is 0 Å². The van der Waals surface area contributed by atoms with Crippen LogP contribution in [0.1, 0.15) is 39.5 Å². The summed E-state index contributed by atoms with van der Waals surface area (Å²) >= 11 is 0. The van der Waals surface area contributed by atoms with Gasteiger partial charge >= 0.3 is 5.97 Å². The zero-order chi connectivity index (χ0) is 12.5. The highest BCUT2D eigenvalue weighted by Crippen LogP contribution is 2.14. The van der Waals surface area contributed by atoms with E-state index in [-0.39, 0.29) is 5.97 Å². The molecule has 17 heavy (non-hydrogen) atoms. The largest absolute Gasteiger partial charge is 0.465 e. The molecule has 0 spiro atoms. The minimum atomic E-state index is -0.128. The zero-order valence-corrected chi connectivity index (χ0v) is 11.1. The van der Waals surface area contributed by atoms with Crippen LogP contribution in [0.3, 0.4) is 0 Å². The Morgan fingerprint density at radius 2 is 2.24 bits per heavy atom. The Morgan fingerprint density at radius 1 is 1.41 bits per heavy atom. The van der Waals surface area contributed by atoms with E-state index in [4.69, 9.17) is 9.47 Å². The van der Waals surface area contributed by atoms with Gasteiger partial charge in [0.15, 0.2) is 0 Å². The summed E-state index contributed by atoms with van der Waals surface area (Å²) in [5, 5.41) is 0. The second-order valence-electron chi connectivity index (χ2n) is 4.53. The predicted molar refractivity (Wildman–Crippen MR) is 67.0 cm³/mol. The van der Waals surface area contributed by atoms with Crippen LogP contribution in [0.5, 0.6) is 0 Å². The summed E-state index contributed by atoms with van der Waals surface area (Å²) in [5.74, 6) is -0.128. The number of nitrogens with zero attached hydrogens (tertiary/aromatic N) is 1. The molecule has 1 atom stereocenters. The molecule has 0 N–H and O–H groups in total. The van der Waals surface area contributed by atoms with E-state index in [2.05, 4.69) is 11.8 Å². The second-order valence-corrected chi connectivity index (χ2v) is 4.53. The number of carbonyl (C=O) groups excluding carboxylic acids is 1. The normalized spacial score (nSPS) is 20.5. The van der Waals surface area contributed by atoms with Crippen molar-refractivity contribution < 1.29 is 14.3 Å². The Balaban J connectivity index is 2.32. The van der Waals surface area contributed by atoms with E-state index in [1.807, 2.05) is 6.92 Å². The third kappa shape index (κ3) is 6.03. The number of hydrogen-bond donors (Lipinski definition) is 0. The van der Waals surface area contributed by atoms with Gasteiger partial charge < -0.3 is 9.47 Å². The van der Waals surface area contributed by atoms with Crippen LogP contribution in [0.2, 0.25) is 0 Å². The van der Waals surface area contributed by atoms with Crippen molar-refractivity contribution in [3.8, 4) is 0 Å². The lowest BCUT2D eigenvalue weighted by Gasteiger charge is -2.29. The molecule has 0 saturated carbocycles. The highest BCUT2D eigenvalue weighted by atomic mass is 16.5. The van der Waals surface area contributed by atoms with Crippen LogP contribution in [0, 0.1) is 0 Å². The minimum absolute atomic E-state index is 0.128. The lowest BCUT2D eigenvalue weighted by molar-refractivity contribution is -0.145. The number of carbonyl (C=O) groups is 1. The van der Waals surface area contributed by atoms with Crippen molar-refractivity contribution in [2.75, 3.05) is 32.8 Å². The maximum absolute atomic E-state index is 11.5. The number of rotatable bonds is 7. The van der Waals surface area contributed by atoms with E-state index in [9.17, 15) is 4.79 Å². The lowest BCUT2D eigenvalue weighted by Crippen LogP contribution is -2.39. The molecule has 100 valence electrons. The average Bonchev–Trinajstić information content (AvgIpc) is 2.31. The second kappa shape index (κ2) is 8.48. The molecule has 1 unspecified atom stereocenters. The third-order valence-electron chi connectivity index (χ3n) is 2.93. The van der Waals surface area contributed by atoms with Crippen LogP contribution in [0.4, 0.5) is 0 Å². The Kier molecular flexibility index (Phi) is 7.21. The molecule has 4 heteroatoms. The molecule has 0 radical (unpaired) electrons. The van der Waals surface area contributed by atoms with Crippen molar-refractivity contribution >= 4 is 5.97 Å². The molecule has 1 heterocycles. The molecule has 1 saturated heterocycles. The van der Waals surface area contributed by atoms with Crippen LogP contribution in [-0.2, 0) is 14.3 Å². The van der Waals surface area contributed by atoms with Crippen LogP contribution >= 0.6 is 0 Å². The monoisotopic (exact) mass is 243 g/mol. The number of esters is 1. The molecular formula is C13H25NO3. The van der Waals surface area contributed by atoms with Crippen molar-refractivity contribution in [1.82, 2.24) is 4.90 Å². The Morgan fingerprint density at radius 3 is 2.82 bits per heavy atom. The van der Waals surface area contributed by atoms with Gasteiger partial charge in [0.1, 0.15) is 0 Å². The van der Waals surface area contributed by atoms with Crippen molar-refractivity contribution in [1.29, 1.82) is 0 Å². The summed E-state index contributed by atoms with van der Waals surface area (Å²) in [6.45, 7) is 7.46. The SMILES string of the molecule is CCCN(CC(=O)OCC)CC1CCCCO1. The third-order valence-corrected chi connectivity index (χ3v) is 2.93. The molecule has 0 aliphatic carbocycles. The van der Waals surface area contributed by atoms with Gasteiger partial charge in [-0.2, -0.15) is 0 Å². The van der Waals surface area contributed by atoms with Gasteiger partial charge in [-0.3, -0.25) is 9.69 Å². The standard InChI is InChI=1S/C13H25NO3/c1-3-8-14(11-13(15)16-4-2)10-12-7-5-6-9-17-12/h12H,3-11H2,1-2H3. The molecule has 0 aromatic rings. The predicted octanol–water partition coefficient (Wildman–Crippen LogP) is 1.83. The first-order chi connectivity index (χ1) is 8.26. The van der Waals surface area contributed by atoms with Gasteiger partial charge in [-0.05, 0) is 39.2 Å². The molecule has 1 fully saturated rings. The fraction of sp³-hybridized carbons (Fsp3) is 0.923. The maximum atomic E-state index is 11.5. The fourth-order valence-corrected chi connectivity index (χ4v) is 2.18. The molecule has 0 amide bonds. The smallest absolute Gasteiger partial charge is 0.320 e. The van der Waals surface area contributed by atoms with Crippen molar-refractivity contribution in [2.24, 2.45) is 0 Å². The van der Waals surface area contributed by atoms with Gasteiger partial charge in [0, 0.05) is 13.2 Å². The summed E-state index contributed by atoms with van der Waals surface area (Å²) in [6, 6.07) is 0. The zero-order valence-electron chi connectivity index (χ0n) is 11.1. The topological polar surface area (TPSA) is 38.8 Å². The summed E-state index contributed by atoms with van der Waals surface area (Å²) in [4.78, 5) is 13.6. The molecule has 0 aromatic carbocycles. The number of hydrogen-bond acceptors (Lipinski definition) is 4. The van der Waals surface area contributed by atoms with Gasteiger partial charge in [-0.15, -0.1) is 0 Å². The molecule has 4 nitrogen and oxygen atoms in total. The van der Waals surface area contributed by atoms with E-state index < -0.39 is 0 Å². The van der Waals surface area contributed by atoms with E-state index in [1.54, 1.807) is 0 Å². The van der Waals surface area contributed by atoms with Crippen LogP contribution in [0.15, 0.2) is 0 Å². The van der Waals surface area contributed by atoms with Gasteiger partial charge in [-0.25, -0.2) is 0 Å². The number of ether oxygens (including phenoxy) is 2. The fourth-order valence-electron chi connectivity index (χ4n) is 2.18. The van der Waals surface area contributed by atoms with E-state index in [1.165, 1.54) is 12.8 Å². The van der Waals surface area contributed by atoms with Gasteiger partial charge in [0.2, 0.25) is 0 Å². The Hall–Kier alpha value is -0.610. The quantitative estimate of drug-likeness (QED) is 0.639. The summed E-state index contributed by atoms with van der Waals surface area (Å²) in [6.07, 6.45) is 4.87. The minimum Gasteiger partial charge on any atom is -0.465 e. The van der Waals surface area contributed by atoms with Crippen LogP contribution in [-0.4, -0.2) is 49.8 Å². The van der Waals surface area contributed by atoms with E-state index in [0.29, 0.717) is 19.3 Å². The Bertz CT molecular complexity index is 215. The molecular weight excluding hydrogens is 218 g/mol. The van der Waals surface area contributed by atoms with Gasteiger partial charge in [0.25, 0.3) is 0 Å². The molecule has 1 aliphatic rings. The lowest BCUT2D eigenvalue weighted by atomic mass is 10.1. The first-order valence-electron chi connectivity index (χ1n) is 6.75. The highest BCUT2D eigenvalue weighted by molar-refractivity contribution is 5.71. The molecule has 0 aromatic heterocycles. The van der Waals surface area contributed by atoms with E-state index >= 15 is 0 Å².